The minimum Gasteiger partial charge on any atom is -0.496 e. The van der Waals surface area contributed by atoms with Crippen molar-refractivity contribution in [3.05, 3.63) is 58.6 Å². The number of carbonyl (C=O) groups excluding carboxylic acids is 2. The number of benzene rings is 2. The average molecular weight is 499 g/mol. The molecule has 0 radical (unpaired) electrons. The molecule has 6 nitrogen and oxygen atoms in total. The Balaban J connectivity index is 1.48. The van der Waals surface area contributed by atoms with Gasteiger partial charge in [-0.1, -0.05) is 23.7 Å². The molecule has 0 saturated carbocycles. The highest BCUT2D eigenvalue weighted by Gasteiger charge is 2.40. The van der Waals surface area contributed by atoms with Gasteiger partial charge in [0, 0.05) is 43.0 Å². The van der Waals surface area contributed by atoms with E-state index in [0.717, 1.165) is 37.2 Å². The van der Waals surface area contributed by atoms with Crippen LogP contribution in [0.1, 0.15) is 54.4 Å². The summed E-state index contributed by atoms with van der Waals surface area (Å²) in [5.74, 6) is 1.50. The summed E-state index contributed by atoms with van der Waals surface area (Å²) >= 11 is 6.18. The SMILES string of the molecule is COc1ccccc1C(=O)N1CCC(COc2ccc(Cl)c(C)c2)(CC(=O)N2CCCCC2)CC1. The van der Waals surface area contributed by atoms with E-state index < -0.39 is 0 Å². The van der Waals surface area contributed by atoms with Gasteiger partial charge in [0.05, 0.1) is 19.3 Å². The molecular weight excluding hydrogens is 464 g/mol. The zero-order valence-corrected chi connectivity index (χ0v) is 21.5. The molecule has 0 atom stereocenters. The van der Waals surface area contributed by atoms with Gasteiger partial charge >= 0.3 is 0 Å². The molecule has 2 heterocycles. The smallest absolute Gasteiger partial charge is 0.257 e. The van der Waals surface area contributed by atoms with E-state index in [2.05, 4.69) is 0 Å². The summed E-state index contributed by atoms with van der Waals surface area (Å²) in [6.45, 7) is 5.21. The molecule has 0 spiro atoms. The first-order valence-corrected chi connectivity index (χ1v) is 12.9. The maximum absolute atomic E-state index is 13.3. The number of aryl methyl sites for hydroxylation is 1. The van der Waals surface area contributed by atoms with Crippen LogP contribution in [0.5, 0.6) is 11.5 Å². The Hall–Kier alpha value is -2.73. The van der Waals surface area contributed by atoms with Crippen LogP contribution in [-0.4, -0.2) is 61.5 Å². The van der Waals surface area contributed by atoms with Crippen LogP contribution in [0.3, 0.4) is 0 Å². The third-order valence-electron chi connectivity index (χ3n) is 7.36. The number of piperidine rings is 2. The normalized spacial score (nSPS) is 17.7. The van der Waals surface area contributed by atoms with Crippen LogP contribution < -0.4 is 9.47 Å². The van der Waals surface area contributed by atoms with Crippen molar-refractivity contribution in [2.45, 2.75) is 45.4 Å². The van der Waals surface area contributed by atoms with Crippen LogP contribution in [0.2, 0.25) is 5.02 Å². The number of rotatable bonds is 7. The molecular formula is C28H35ClN2O4. The fourth-order valence-electron chi connectivity index (χ4n) is 5.07. The molecule has 2 aromatic rings. The second-order valence-corrected chi connectivity index (χ2v) is 10.2. The summed E-state index contributed by atoms with van der Waals surface area (Å²) in [6.07, 6.45) is 5.19. The molecule has 35 heavy (non-hydrogen) atoms. The summed E-state index contributed by atoms with van der Waals surface area (Å²) in [7, 11) is 1.58. The molecule has 0 aromatic heterocycles. The van der Waals surface area contributed by atoms with Gasteiger partial charge in [0.25, 0.3) is 5.91 Å². The predicted molar refractivity (Wildman–Crippen MR) is 137 cm³/mol. The standard InChI is InChI=1S/C28H35ClN2O4/c1-21-18-22(10-11-24(21)29)35-20-28(19-26(32)30-14-6-3-7-15-30)12-16-31(17-13-28)27(33)23-8-4-5-9-25(23)34-2/h4-5,8-11,18H,3,6-7,12-17,19-20H2,1-2H3. The van der Waals surface area contributed by atoms with E-state index in [9.17, 15) is 9.59 Å². The van der Waals surface area contributed by atoms with Crippen molar-refractivity contribution in [2.75, 3.05) is 39.9 Å². The number of hydrogen-bond donors (Lipinski definition) is 0. The number of amides is 2. The molecule has 7 heteroatoms. The first-order chi connectivity index (χ1) is 16.9. The lowest BCUT2D eigenvalue weighted by Crippen LogP contribution is -2.48. The van der Waals surface area contributed by atoms with Gasteiger partial charge in [-0.3, -0.25) is 9.59 Å². The monoisotopic (exact) mass is 498 g/mol. The number of methoxy groups -OCH3 is 1. The van der Waals surface area contributed by atoms with Crippen molar-refractivity contribution in [3.63, 3.8) is 0 Å². The Bertz CT molecular complexity index is 1040. The number of nitrogens with zero attached hydrogens (tertiary/aromatic N) is 2. The fraction of sp³-hybridized carbons (Fsp3) is 0.500. The number of para-hydroxylation sites is 1. The molecule has 0 N–H and O–H groups in total. The summed E-state index contributed by atoms with van der Waals surface area (Å²) in [4.78, 5) is 30.4. The Kier molecular flexibility index (Phi) is 8.22. The van der Waals surface area contributed by atoms with Gasteiger partial charge in [0.2, 0.25) is 5.91 Å². The molecule has 2 aliphatic rings. The summed E-state index contributed by atoms with van der Waals surface area (Å²) in [5, 5.41) is 0.704. The number of likely N-dealkylation sites (tertiary alicyclic amines) is 2. The molecule has 2 saturated heterocycles. The number of hydrogen-bond acceptors (Lipinski definition) is 4. The number of ether oxygens (including phenoxy) is 2. The highest BCUT2D eigenvalue weighted by Crippen LogP contribution is 2.38. The fourth-order valence-corrected chi connectivity index (χ4v) is 5.18. The minimum absolute atomic E-state index is 0.0346. The van der Waals surface area contributed by atoms with Crippen LogP contribution in [-0.2, 0) is 4.79 Å². The van der Waals surface area contributed by atoms with Gasteiger partial charge in [-0.25, -0.2) is 0 Å². The maximum Gasteiger partial charge on any atom is 0.257 e. The minimum atomic E-state index is -0.320. The summed E-state index contributed by atoms with van der Waals surface area (Å²) < 4.78 is 11.6. The number of carbonyl (C=O) groups is 2. The van der Waals surface area contributed by atoms with Crippen LogP contribution in [0.15, 0.2) is 42.5 Å². The average Bonchev–Trinajstić information content (AvgIpc) is 2.90. The van der Waals surface area contributed by atoms with Crippen molar-refractivity contribution >= 4 is 23.4 Å². The Morgan fingerprint density at radius 2 is 1.69 bits per heavy atom. The zero-order chi connectivity index (χ0) is 24.8. The first kappa shape index (κ1) is 25.4. The van der Waals surface area contributed by atoms with E-state index in [1.165, 1.54) is 6.42 Å². The second kappa shape index (κ2) is 11.3. The van der Waals surface area contributed by atoms with Gasteiger partial charge < -0.3 is 19.3 Å². The van der Waals surface area contributed by atoms with Gasteiger partial charge in [-0.05, 0) is 74.9 Å². The third-order valence-corrected chi connectivity index (χ3v) is 7.78. The van der Waals surface area contributed by atoms with E-state index >= 15 is 0 Å². The quantitative estimate of drug-likeness (QED) is 0.515. The Morgan fingerprint density at radius 3 is 2.37 bits per heavy atom. The molecule has 2 aliphatic heterocycles. The molecule has 0 aliphatic carbocycles. The van der Waals surface area contributed by atoms with Crippen molar-refractivity contribution in [3.8, 4) is 11.5 Å². The molecule has 2 aromatic carbocycles. The molecule has 2 fully saturated rings. The van der Waals surface area contributed by atoms with E-state index in [1.54, 1.807) is 19.2 Å². The van der Waals surface area contributed by atoms with Crippen molar-refractivity contribution < 1.29 is 19.1 Å². The van der Waals surface area contributed by atoms with Gasteiger partial charge in [0.1, 0.15) is 11.5 Å². The lowest BCUT2D eigenvalue weighted by molar-refractivity contribution is -0.136. The van der Waals surface area contributed by atoms with Crippen LogP contribution in [0.25, 0.3) is 0 Å². The van der Waals surface area contributed by atoms with E-state index in [0.29, 0.717) is 55.3 Å². The predicted octanol–water partition coefficient (Wildman–Crippen LogP) is 5.36. The van der Waals surface area contributed by atoms with Gasteiger partial charge in [-0.2, -0.15) is 0 Å². The molecule has 188 valence electrons. The van der Waals surface area contributed by atoms with E-state index in [1.807, 2.05) is 47.1 Å². The van der Waals surface area contributed by atoms with Crippen LogP contribution in [0.4, 0.5) is 0 Å². The van der Waals surface area contributed by atoms with Gasteiger partial charge in [0.15, 0.2) is 0 Å². The lowest BCUT2D eigenvalue weighted by atomic mass is 9.75. The highest BCUT2D eigenvalue weighted by molar-refractivity contribution is 6.31. The summed E-state index contributed by atoms with van der Waals surface area (Å²) in [6, 6.07) is 13.0. The van der Waals surface area contributed by atoms with Crippen molar-refractivity contribution in [1.82, 2.24) is 9.80 Å². The molecule has 0 unspecified atom stereocenters. The lowest BCUT2D eigenvalue weighted by Gasteiger charge is -2.42. The topological polar surface area (TPSA) is 59.1 Å². The van der Waals surface area contributed by atoms with Gasteiger partial charge in [-0.15, -0.1) is 0 Å². The molecule has 4 rings (SSSR count). The molecule has 0 bridgehead atoms. The van der Waals surface area contributed by atoms with E-state index in [4.69, 9.17) is 21.1 Å². The Morgan fingerprint density at radius 1 is 0.971 bits per heavy atom. The third kappa shape index (κ3) is 6.10. The zero-order valence-electron chi connectivity index (χ0n) is 20.7. The number of halogens is 1. The van der Waals surface area contributed by atoms with Crippen LogP contribution in [0, 0.1) is 12.3 Å². The van der Waals surface area contributed by atoms with Crippen molar-refractivity contribution in [2.24, 2.45) is 5.41 Å². The second-order valence-electron chi connectivity index (χ2n) is 9.81. The first-order valence-electron chi connectivity index (χ1n) is 12.5. The maximum atomic E-state index is 13.3. The Labute approximate surface area is 213 Å². The van der Waals surface area contributed by atoms with Crippen LogP contribution >= 0.6 is 11.6 Å². The highest BCUT2D eigenvalue weighted by atomic mass is 35.5. The van der Waals surface area contributed by atoms with Crippen molar-refractivity contribution in [1.29, 1.82) is 0 Å². The van der Waals surface area contributed by atoms with E-state index in [-0.39, 0.29) is 17.2 Å². The molecule has 2 amide bonds. The largest absolute Gasteiger partial charge is 0.496 e. The summed E-state index contributed by atoms with van der Waals surface area (Å²) in [5.41, 5.74) is 1.21.